The number of aromatic nitrogens is 2. The molecule has 2 aromatic carbocycles. The molecule has 0 radical (unpaired) electrons. The number of rotatable bonds is 6. The van der Waals surface area contributed by atoms with E-state index in [9.17, 15) is 9.59 Å². The lowest BCUT2D eigenvalue weighted by Crippen LogP contribution is -2.47. The summed E-state index contributed by atoms with van der Waals surface area (Å²) in [6.45, 7) is 7.45. The van der Waals surface area contributed by atoms with Crippen LogP contribution < -0.4 is 15.6 Å². The first kappa shape index (κ1) is 23.6. The van der Waals surface area contributed by atoms with Crippen LogP contribution in [-0.2, 0) is 11.3 Å². The van der Waals surface area contributed by atoms with E-state index in [0.29, 0.717) is 23.0 Å². The van der Waals surface area contributed by atoms with Gasteiger partial charge in [0.05, 0.1) is 12.2 Å². The minimum absolute atomic E-state index is 0.147. The van der Waals surface area contributed by atoms with Crippen molar-refractivity contribution in [2.24, 2.45) is 0 Å². The van der Waals surface area contributed by atoms with Crippen LogP contribution in [-0.4, -0.2) is 27.7 Å². The molecule has 1 heterocycles. The van der Waals surface area contributed by atoms with Gasteiger partial charge in [0.1, 0.15) is 16.5 Å². The smallest absolute Gasteiger partial charge is 0.279 e. The van der Waals surface area contributed by atoms with Crippen LogP contribution in [0.25, 0.3) is 0 Å². The van der Waals surface area contributed by atoms with Crippen molar-refractivity contribution in [1.29, 1.82) is 0 Å². The highest BCUT2D eigenvalue weighted by molar-refractivity contribution is 6.33. The second-order valence-corrected chi connectivity index (χ2v) is 8.17. The molecule has 2 N–H and O–H groups in total. The van der Waals surface area contributed by atoms with Crippen molar-refractivity contribution in [3.05, 3.63) is 80.6 Å². The van der Waals surface area contributed by atoms with Crippen molar-refractivity contribution in [3.8, 4) is 5.75 Å². The van der Waals surface area contributed by atoms with Gasteiger partial charge in [-0.05, 0) is 56.5 Å². The Hall–Kier alpha value is -3.03. The predicted molar refractivity (Wildman–Crippen MR) is 124 cm³/mol. The maximum Gasteiger partial charge on any atom is 0.279 e. The summed E-state index contributed by atoms with van der Waals surface area (Å²) in [7, 11) is 0. The summed E-state index contributed by atoms with van der Waals surface area (Å²) in [5.41, 5.74) is 8.17. The van der Waals surface area contributed by atoms with Gasteiger partial charge in [-0.3, -0.25) is 20.4 Å². The zero-order valence-corrected chi connectivity index (χ0v) is 19.7. The molecule has 9 heteroatoms. The molecule has 1 atom stereocenters. The predicted octanol–water partition coefficient (Wildman–Crippen LogP) is 4.39. The van der Waals surface area contributed by atoms with Crippen molar-refractivity contribution < 1.29 is 14.3 Å². The van der Waals surface area contributed by atoms with Crippen LogP contribution in [0.3, 0.4) is 0 Å². The van der Waals surface area contributed by atoms with E-state index in [2.05, 4.69) is 16.0 Å². The first-order valence-electron chi connectivity index (χ1n) is 9.98. The molecule has 1 aromatic heterocycles. The Morgan fingerprint density at radius 2 is 1.78 bits per heavy atom. The molecule has 168 valence electrons. The fourth-order valence-corrected chi connectivity index (χ4v) is 3.60. The highest BCUT2D eigenvalue weighted by atomic mass is 35.5. The second-order valence-electron chi connectivity index (χ2n) is 7.40. The maximum absolute atomic E-state index is 12.7. The van der Waals surface area contributed by atoms with Gasteiger partial charge in [0.15, 0.2) is 6.10 Å². The SMILES string of the molecule is Cc1cccc(OC(C)C(=O)NNC(=O)c2c(C)nn(Cc3ccccc3Cl)c2Cl)c1C. The van der Waals surface area contributed by atoms with E-state index in [1.807, 2.05) is 44.2 Å². The summed E-state index contributed by atoms with van der Waals surface area (Å²) < 4.78 is 7.22. The van der Waals surface area contributed by atoms with Crippen LogP contribution in [0.1, 0.15) is 39.7 Å². The molecule has 32 heavy (non-hydrogen) atoms. The molecule has 0 bridgehead atoms. The molecular weight excluding hydrogens is 451 g/mol. The summed E-state index contributed by atoms with van der Waals surface area (Å²) in [4.78, 5) is 25.1. The number of ether oxygens (including phenoxy) is 1. The van der Waals surface area contributed by atoms with Crippen LogP contribution in [0.5, 0.6) is 5.75 Å². The number of nitrogens with zero attached hydrogens (tertiary/aromatic N) is 2. The van der Waals surface area contributed by atoms with Crippen LogP contribution >= 0.6 is 23.2 Å². The maximum atomic E-state index is 12.7. The zero-order valence-electron chi connectivity index (χ0n) is 18.2. The average molecular weight is 475 g/mol. The Morgan fingerprint density at radius 1 is 1.06 bits per heavy atom. The van der Waals surface area contributed by atoms with E-state index in [1.165, 1.54) is 4.68 Å². The third-order valence-corrected chi connectivity index (χ3v) is 5.85. The van der Waals surface area contributed by atoms with E-state index >= 15 is 0 Å². The number of carbonyl (C=O) groups excluding carboxylic acids is 2. The number of carbonyl (C=O) groups is 2. The van der Waals surface area contributed by atoms with E-state index in [-0.39, 0.29) is 10.7 Å². The number of nitrogens with one attached hydrogen (secondary N) is 2. The summed E-state index contributed by atoms with van der Waals surface area (Å²) in [6, 6.07) is 12.9. The minimum atomic E-state index is -0.824. The highest BCUT2D eigenvalue weighted by Crippen LogP contribution is 2.24. The third kappa shape index (κ3) is 5.23. The van der Waals surface area contributed by atoms with Gasteiger partial charge in [0.25, 0.3) is 11.8 Å². The minimum Gasteiger partial charge on any atom is -0.481 e. The van der Waals surface area contributed by atoms with E-state index in [1.54, 1.807) is 26.0 Å². The second kappa shape index (κ2) is 10.1. The molecule has 0 spiro atoms. The van der Waals surface area contributed by atoms with E-state index < -0.39 is 17.9 Å². The van der Waals surface area contributed by atoms with Crippen molar-refractivity contribution in [2.75, 3.05) is 0 Å². The molecular formula is C23H24Cl2N4O3. The Labute approximate surface area is 196 Å². The fourth-order valence-electron chi connectivity index (χ4n) is 3.08. The van der Waals surface area contributed by atoms with E-state index in [4.69, 9.17) is 27.9 Å². The molecule has 0 saturated heterocycles. The quantitative estimate of drug-likeness (QED) is 0.518. The normalized spacial score (nSPS) is 11.7. The van der Waals surface area contributed by atoms with Crippen molar-refractivity contribution in [3.63, 3.8) is 0 Å². The van der Waals surface area contributed by atoms with E-state index in [0.717, 1.165) is 16.7 Å². The standard InChI is InChI=1S/C23H24Cl2N4O3/c1-13-8-7-11-19(14(13)2)32-16(4)22(30)26-27-23(31)20-15(3)28-29(21(20)25)12-17-9-5-6-10-18(17)24/h5-11,16H,12H2,1-4H3,(H,26,30)(H,27,31). The average Bonchev–Trinajstić information content (AvgIpc) is 3.04. The third-order valence-electron chi connectivity index (χ3n) is 5.10. The first-order chi connectivity index (χ1) is 15.2. The van der Waals surface area contributed by atoms with Gasteiger partial charge in [-0.2, -0.15) is 5.10 Å². The van der Waals surface area contributed by atoms with Gasteiger partial charge in [-0.25, -0.2) is 4.68 Å². The zero-order chi connectivity index (χ0) is 23.4. The van der Waals surface area contributed by atoms with Crippen LogP contribution in [0.2, 0.25) is 10.2 Å². The molecule has 0 aliphatic carbocycles. The molecule has 0 aliphatic rings. The lowest BCUT2D eigenvalue weighted by Gasteiger charge is -2.17. The molecule has 1 unspecified atom stereocenters. The van der Waals surface area contributed by atoms with Gasteiger partial charge < -0.3 is 4.74 Å². The summed E-state index contributed by atoms with van der Waals surface area (Å²) in [5, 5.41) is 5.06. The summed E-state index contributed by atoms with van der Waals surface area (Å²) in [6.07, 6.45) is -0.824. The van der Waals surface area contributed by atoms with Crippen molar-refractivity contribution in [2.45, 2.75) is 40.3 Å². The fraction of sp³-hybridized carbons (Fsp3) is 0.261. The number of hydrogen-bond donors (Lipinski definition) is 2. The first-order valence-corrected chi connectivity index (χ1v) is 10.7. The number of hydrazine groups is 1. The molecule has 7 nitrogen and oxygen atoms in total. The number of halogens is 2. The van der Waals surface area contributed by atoms with Crippen LogP contribution in [0.4, 0.5) is 0 Å². The number of amides is 2. The number of benzene rings is 2. The monoisotopic (exact) mass is 474 g/mol. The Morgan fingerprint density at radius 3 is 2.50 bits per heavy atom. The highest BCUT2D eigenvalue weighted by Gasteiger charge is 2.23. The lowest BCUT2D eigenvalue weighted by atomic mass is 10.1. The van der Waals surface area contributed by atoms with Gasteiger partial charge >= 0.3 is 0 Å². The largest absolute Gasteiger partial charge is 0.481 e. The van der Waals surface area contributed by atoms with Gasteiger partial charge in [0, 0.05) is 5.02 Å². The van der Waals surface area contributed by atoms with Crippen LogP contribution in [0.15, 0.2) is 42.5 Å². The summed E-state index contributed by atoms with van der Waals surface area (Å²) in [5.74, 6) is -0.472. The number of hydrogen-bond acceptors (Lipinski definition) is 4. The molecule has 3 aromatic rings. The topological polar surface area (TPSA) is 85.2 Å². The summed E-state index contributed by atoms with van der Waals surface area (Å²) >= 11 is 12.6. The van der Waals surface area contributed by atoms with Gasteiger partial charge in [-0.1, -0.05) is 53.5 Å². The lowest BCUT2D eigenvalue weighted by molar-refractivity contribution is -0.128. The van der Waals surface area contributed by atoms with Crippen molar-refractivity contribution in [1.82, 2.24) is 20.6 Å². The van der Waals surface area contributed by atoms with Crippen molar-refractivity contribution >= 4 is 35.0 Å². The molecule has 2 amide bonds. The molecule has 0 fully saturated rings. The van der Waals surface area contributed by atoms with Gasteiger partial charge in [-0.15, -0.1) is 0 Å². The number of aryl methyl sites for hydroxylation is 2. The van der Waals surface area contributed by atoms with Crippen LogP contribution in [0, 0.1) is 20.8 Å². The molecule has 3 rings (SSSR count). The molecule has 0 saturated carbocycles. The van der Waals surface area contributed by atoms with Gasteiger partial charge in [0.2, 0.25) is 0 Å². The Balaban J connectivity index is 1.64. The molecule has 0 aliphatic heterocycles. The Bertz CT molecular complexity index is 1160. The Kier molecular flexibility index (Phi) is 7.43.